The number of nitrogens with zero attached hydrogens (tertiary/aromatic N) is 1. The van der Waals surface area contributed by atoms with Crippen molar-refractivity contribution in [3.63, 3.8) is 0 Å². The van der Waals surface area contributed by atoms with Crippen LogP contribution in [0.15, 0.2) is 12.3 Å². The van der Waals surface area contributed by atoms with Crippen LogP contribution in [-0.2, 0) is 0 Å². The van der Waals surface area contributed by atoms with Gasteiger partial charge in [0, 0.05) is 12.2 Å². The Kier molecular flexibility index (Phi) is 4.07. The molecule has 1 atom stereocenters. The molecule has 98 valence electrons. The number of nitrogens with one attached hydrogen (secondary N) is 1. The summed E-state index contributed by atoms with van der Waals surface area (Å²) in [5.74, 6) is 0.211. The van der Waals surface area contributed by atoms with Crippen molar-refractivity contribution in [2.24, 2.45) is 5.92 Å². The number of anilines is 1. The zero-order chi connectivity index (χ0) is 13.1. The van der Waals surface area contributed by atoms with Crippen LogP contribution in [0, 0.1) is 5.92 Å². The van der Waals surface area contributed by atoms with Crippen LogP contribution in [0.1, 0.15) is 43.0 Å². The molecule has 0 aliphatic heterocycles. The zero-order valence-corrected chi connectivity index (χ0v) is 11.1. The number of rotatable bonds is 4. The summed E-state index contributed by atoms with van der Waals surface area (Å²) in [4.78, 5) is 14.9. The third-order valence-electron chi connectivity index (χ3n) is 3.56. The van der Waals surface area contributed by atoms with Gasteiger partial charge in [-0.05, 0) is 31.7 Å². The molecule has 1 aromatic heterocycles. The second kappa shape index (κ2) is 5.57. The van der Waals surface area contributed by atoms with E-state index in [-0.39, 0.29) is 5.56 Å². The van der Waals surface area contributed by atoms with Crippen LogP contribution in [-0.4, -0.2) is 22.1 Å². The predicted molar refractivity (Wildman–Crippen MR) is 71.2 cm³/mol. The number of aromatic carboxylic acids is 1. The van der Waals surface area contributed by atoms with Gasteiger partial charge in [-0.2, -0.15) is 0 Å². The average molecular weight is 269 g/mol. The summed E-state index contributed by atoms with van der Waals surface area (Å²) in [7, 11) is 0. The van der Waals surface area contributed by atoms with Gasteiger partial charge in [-0.3, -0.25) is 0 Å². The van der Waals surface area contributed by atoms with Crippen LogP contribution >= 0.6 is 11.6 Å². The van der Waals surface area contributed by atoms with Crippen molar-refractivity contribution in [1.82, 2.24) is 4.98 Å². The molecule has 0 aromatic carbocycles. The second-order valence-corrected chi connectivity index (χ2v) is 5.24. The van der Waals surface area contributed by atoms with E-state index in [1.807, 2.05) is 0 Å². The minimum absolute atomic E-state index is 0.110. The van der Waals surface area contributed by atoms with Crippen molar-refractivity contribution in [3.05, 3.63) is 22.8 Å². The number of carboxylic acids is 1. The molecule has 1 unspecified atom stereocenters. The Hall–Kier alpha value is -1.29. The van der Waals surface area contributed by atoms with Gasteiger partial charge in [0.25, 0.3) is 0 Å². The number of halogens is 1. The van der Waals surface area contributed by atoms with Gasteiger partial charge in [0.15, 0.2) is 0 Å². The van der Waals surface area contributed by atoms with Crippen molar-refractivity contribution in [2.75, 3.05) is 5.32 Å². The molecule has 0 bridgehead atoms. The predicted octanol–water partition coefficient (Wildman–Crippen LogP) is 3.42. The van der Waals surface area contributed by atoms with Crippen LogP contribution in [0.25, 0.3) is 0 Å². The normalized spacial score (nSPS) is 17.7. The highest BCUT2D eigenvalue weighted by molar-refractivity contribution is 6.33. The first kappa shape index (κ1) is 13.1. The van der Waals surface area contributed by atoms with E-state index in [1.165, 1.54) is 37.9 Å². The highest BCUT2D eigenvalue weighted by atomic mass is 35.5. The summed E-state index contributed by atoms with van der Waals surface area (Å²) in [6, 6.07) is 1.74. The lowest BCUT2D eigenvalue weighted by atomic mass is 10.00. The van der Waals surface area contributed by atoms with E-state index in [2.05, 4.69) is 17.2 Å². The first-order valence-corrected chi connectivity index (χ1v) is 6.61. The van der Waals surface area contributed by atoms with Gasteiger partial charge in [-0.1, -0.05) is 24.4 Å². The topological polar surface area (TPSA) is 62.2 Å². The van der Waals surface area contributed by atoms with Crippen molar-refractivity contribution >= 4 is 23.4 Å². The van der Waals surface area contributed by atoms with Gasteiger partial charge in [-0.25, -0.2) is 9.78 Å². The van der Waals surface area contributed by atoms with Crippen LogP contribution in [0.2, 0.25) is 5.02 Å². The van der Waals surface area contributed by atoms with Crippen LogP contribution in [0.4, 0.5) is 5.82 Å². The Morgan fingerprint density at radius 2 is 2.22 bits per heavy atom. The van der Waals surface area contributed by atoms with Crippen molar-refractivity contribution in [1.29, 1.82) is 0 Å². The maximum absolute atomic E-state index is 10.8. The smallest absolute Gasteiger partial charge is 0.337 e. The molecule has 0 spiro atoms. The third kappa shape index (κ3) is 2.93. The largest absolute Gasteiger partial charge is 0.478 e. The van der Waals surface area contributed by atoms with Crippen molar-refractivity contribution in [3.8, 4) is 0 Å². The minimum Gasteiger partial charge on any atom is -0.478 e. The Labute approximate surface area is 111 Å². The molecule has 1 heterocycles. The van der Waals surface area contributed by atoms with E-state index < -0.39 is 5.97 Å². The highest BCUT2D eigenvalue weighted by Gasteiger charge is 2.22. The molecule has 1 aliphatic carbocycles. The molecule has 1 aromatic rings. The van der Waals surface area contributed by atoms with Crippen molar-refractivity contribution in [2.45, 2.75) is 38.6 Å². The van der Waals surface area contributed by atoms with Gasteiger partial charge in [-0.15, -0.1) is 0 Å². The summed E-state index contributed by atoms with van der Waals surface area (Å²) in [6.07, 6.45) is 6.38. The Balaban J connectivity index is 2.06. The monoisotopic (exact) mass is 268 g/mol. The summed E-state index contributed by atoms with van der Waals surface area (Å²) in [5, 5.41) is 12.5. The van der Waals surface area contributed by atoms with E-state index >= 15 is 0 Å². The highest BCUT2D eigenvalue weighted by Crippen LogP contribution is 2.30. The summed E-state index contributed by atoms with van der Waals surface area (Å²) < 4.78 is 0. The molecule has 2 rings (SSSR count). The van der Waals surface area contributed by atoms with Crippen LogP contribution in [0.5, 0.6) is 0 Å². The van der Waals surface area contributed by atoms with E-state index in [0.29, 0.717) is 22.8 Å². The molecule has 0 amide bonds. The van der Waals surface area contributed by atoms with Crippen molar-refractivity contribution < 1.29 is 9.90 Å². The van der Waals surface area contributed by atoms with E-state index in [1.54, 1.807) is 0 Å². The summed E-state index contributed by atoms with van der Waals surface area (Å²) in [6.45, 7) is 2.12. The number of hydrogen-bond donors (Lipinski definition) is 2. The SMILES string of the molecule is CC(Nc1ncc(C(=O)O)cc1Cl)C1CCCC1. The fraction of sp³-hybridized carbons (Fsp3) is 0.538. The molecule has 0 radical (unpaired) electrons. The quantitative estimate of drug-likeness (QED) is 0.878. The molecule has 1 aliphatic rings. The fourth-order valence-corrected chi connectivity index (χ4v) is 2.67. The third-order valence-corrected chi connectivity index (χ3v) is 3.85. The van der Waals surface area contributed by atoms with Crippen LogP contribution in [0.3, 0.4) is 0 Å². The standard InChI is InChI=1S/C13H17ClN2O2/c1-8(9-4-2-3-5-9)16-12-11(14)6-10(7-15-12)13(17)18/h6-9H,2-5H2,1H3,(H,15,16)(H,17,18). The molecular weight excluding hydrogens is 252 g/mol. The first-order valence-electron chi connectivity index (χ1n) is 6.23. The van der Waals surface area contributed by atoms with Crippen LogP contribution < -0.4 is 5.32 Å². The molecule has 2 N–H and O–H groups in total. The van der Waals surface area contributed by atoms with E-state index in [9.17, 15) is 4.79 Å². The molecule has 5 heteroatoms. The Morgan fingerprint density at radius 3 is 2.78 bits per heavy atom. The number of carboxylic acid groups (broad SMARTS) is 1. The van der Waals surface area contributed by atoms with Gasteiger partial charge in [0.2, 0.25) is 0 Å². The Morgan fingerprint density at radius 1 is 1.56 bits per heavy atom. The maximum atomic E-state index is 10.8. The number of hydrogen-bond acceptors (Lipinski definition) is 3. The van der Waals surface area contributed by atoms with Gasteiger partial charge in [0.1, 0.15) is 5.82 Å². The summed E-state index contributed by atoms with van der Waals surface area (Å²) in [5.41, 5.74) is 0.110. The summed E-state index contributed by atoms with van der Waals surface area (Å²) >= 11 is 6.04. The molecule has 1 fully saturated rings. The molecule has 4 nitrogen and oxygen atoms in total. The van der Waals surface area contributed by atoms with E-state index in [4.69, 9.17) is 16.7 Å². The van der Waals surface area contributed by atoms with E-state index in [0.717, 1.165) is 0 Å². The Bertz CT molecular complexity index is 445. The average Bonchev–Trinajstić information content (AvgIpc) is 2.85. The minimum atomic E-state index is -1.01. The lowest BCUT2D eigenvalue weighted by Crippen LogP contribution is -2.24. The van der Waals surface area contributed by atoms with Gasteiger partial charge < -0.3 is 10.4 Å². The first-order chi connectivity index (χ1) is 8.58. The van der Waals surface area contributed by atoms with Gasteiger partial charge >= 0.3 is 5.97 Å². The molecule has 1 saturated carbocycles. The lowest BCUT2D eigenvalue weighted by Gasteiger charge is -2.21. The maximum Gasteiger partial charge on any atom is 0.337 e. The second-order valence-electron chi connectivity index (χ2n) is 4.84. The number of aromatic nitrogens is 1. The molecule has 18 heavy (non-hydrogen) atoms. The molecule has 0 saturated heterocycles. The fourth-order valence-electron chi connectivity index (χ4n) is 2.45. The molecular formula is C13H17ClN2O2. The van der Waals surface area contributed by atoms with Gasteiger partial charge in [0.05, 0.1) is 10.6 Å². The zero-order valence-electron chi connectivity index (χ0n) is 10.3. The number of carbonyl (C=O) groups is 1. The number of pyridine rings is 1. The lowest BCUT2D eigenvalue weighted by molar-refractivity contribution is 0.0696.